The molecule has 2 aliphatic rings. The lowest BCUT2D eigenvalue weighted by Crippen LogP contribution is -2.15. The molecule has 1 aromatic carbocycles. The summed E-state index contributed by atoms with van der Waals surface area (Å²) < 4.78 is 24.6. The van der Waals surface area contributed by atoms with E-state index in [1.807, 2.05) is 0 Å². The van der Waals surface area contributed by atoms with Crippen molar-refractivity contribution in [2.24, 2.45) is 23.7 Å². The predicted molar refractivity (Wildman–Crippen MR) is 139 cm³/mol. The lowest BCUT2D eigenvalue weighted by Gasteiger charge is -2.29. The van der Waals surface area contributed by atoms with Crippen molar-refractivity contribution in [3.63, 3.8) is 0 Å². The van der Waals surface area contributed by atoms with Crippen molar-refractivity contribution in [1.29, 1.82) is 0 Å². The van der Waals surface area contributed by atoms with Crippen LogP contribution < -0.4 is 0 Å². The number of allylic oxidation sites excluding steroid dienone is 4. The molecule has 182 valence electrons. The lowest BCUT2D eigenvalue weighted by atomic mass is 9.76. The molecule has 0 bridgehead atoms. The number of rotatable bonds is 6. The van der Waals surface area contributed by atoms with E-state index in [2.05, 4.69) is 59.8 Å². The number of benzene rings is 1. The van der Waals surface area contributed by atoms with E-state index in [-0.39, 0.29) is 0 Å². The maximum Gasteiger partial charge on any atom is 0.266 e. The van der Waals surface area contributed by atoms with Gasteiger partial charge in [0.15, 0.2) is 0 Å². The van der Waals surface area contributed by atoms with E-state index < -0.39 is 6.08 Å². The summed E-state index contributed by atoms with van der Waals surface area (Å²) in [5.41, 5.74) is 10.2. The Morgan fingerprint density at radius 2 is 1.15 bits per heavy atom. The second kappa shape index (κ2) is 11.6. The van der Waals surface area contributed by atoms with Crippen molar-refractivity contribution >= 4 is 6.08 Å². The first-order valence-corrected chi connectivity index (χ1v) is 13.1. The topological polar surface area (TPSA) is 0 Å². The molecule has 3 rings (SSSR count). The second-order valence-corrected chi connectivity index (χ2v) is 10.9. The molecule has 2 saturated carbocycles. The monoisotopic (exact) mass is 454 g/mol. The number of hydrogen-bond donors (Lipinski definition) is 0. The van der Waals surface area contributed by atoms with Gasteiger partial charge in [0.05, 0.1) is 0 Å². The largest absolute Gasteiger partial charge is 0.266 e. The maximum atomic E-state index is 12.3. The molecule has 0 aliphatic heterocycles. The van der Waals surface area contributed by atoms with Crippen LogP contribution in [0.4, 0.5) is 8.78 Å². The third kappa shape index (κ3) is 6.67. The summed E-state index contributed by atoms with van der Waals surface area (Å²) in [5.74, 6) is 2.52. The molecule has 33 heavy (non-hydrogen) atoms. The van der Waals surface area contributed by atoms with Crippen LogP contribution in [0.25, 0.3) is 6.08 Å². The summed E-state index contributed by atoms with van der Waals surface area (Å²) in [5, 5.41) is 0. The Balaban J connectivity index is 1.52. The molecular weight excluding hydrogens is 410 g/mol. The van der Waals surface area contributed by atoms with Gasteiger partial charge in [-0.05, 0) is 162 Å². The van der Waals surface area contributed by atoms with Gasteiger partial charge in [0.2, 0.25) is 0 Å². The van der Waals surface area contributed by atoms with Crippen molar-refractivity contribution in [3.05, 3.63) is 63.3 Å². The zero-order chi connectivity index (χ0) is 24.1. The molecule has 0 atom stereocenters. The highest BCUT2D eigenvalue weighted by atomic mass is 19.3. The van der Waals surface area contributed by atoms with Gasteiger partial charge in [-0.2, -0.15) is 8.78 Å². The van der Waals surface area contributed by atoms with Crippen LogP contribution >= 0.6 is 0 Å². The number of hydrogen-bond acceptors (Lipinski definition) is 0. The molecule has 0 radical (unpaired) electrons. The van der Waals surface area contributed by atoms with E-state index >= 15 is 0 Å². The minimum atomic E-state index is -1.52. The van der Waals surface area contributed by atoms with Crippen LogP contribution in [0.3, 0.4) is 0 Å². The van der Waals surface area contributed by atoms with Crippen LogP contribution in [0.1, 0.15) is 98.1 Å². The van der Waals surface area contributed by atoms with Crippen LogP contribution in [-0.2, 0) is 0 Å². The van der Waals surface area contributed by atoms with Crippen molar-refractivity contribution in [2.75, 3.05) is 0 Å². The van der Waals surface area contributed by atoms with E-state index in [0.29, 0.717) is 30.1 Å². The first kappa shape index (κ1) is 25.9. The predicted octanol–water partition coefficient (Wildman–Crippen LogP) is 9.97. The van der Waals surface area contributed by atoms with Crippen LogP contribution in [0.15, 0.2) is 29.9 Å². The van der Waals surface area contributed by atoms with Crippen LogP contribution in [0, 0.1) is 58.3 Å². The Labute approximate surface area is 201 Å². The molecule has 2 aliphatic carbocycles. The number of halogens is 2. The molecule has 2 heteroatoms. The average molecular weight is 455 g/mol. The van der Waals surface area contributed by atoms with Crippen LogP contribution in [0.5, 0.6) is 0 Å². The van der Waals surface area contributed by atoms with Gasteiger partial charge in [0.1, 0.15) is 0 Å². The first-order valence-electron chi connectivity index (χ1n) is 13.1. The van der Waals surface area contributed by atoms with Crippen LogP contribution in [-0.4, -0.2) is 0 Å². The SMILES string of the molecule is CC(=Cc1c(C)c(C)c(C)c(C)c1C)C1CCC(C=CC2CCC(CC=C(F)F)CC2)CC1. The average Bonchev–Trinajstić information content (AvgIpc) is 2.82. The van der Waals surface area contributed by atoms with Gasteiger partial charge < -0.3 is 0 Å². The standard InChI is InChI=1S/C31H44F2/c1-20(19-30-24(5)22(3)21(2)23(4)25(30)6)29-16-13-28(14-17-29)12-9-26-7-10-27(11-8-26)15-18-31(32)33/h9,12,18-19,26-29H,7-8,10-11,13-17H2,1-6H3. The van der Waals surface area contributed by atoms with Gasteiger partial charge in [0, 0.05) is 0 Å². The van der Waals surface area contributed by atoms with Gasteiger partial charge in [-0.1, -0.05) is 23.8 Å². The molecule has 0 nitrogen and oxygen atoms in total. The smallest absolute Gasteiger partial charge is 0.174 e. The molecule has 0 N–H and O–H groups in total. The van der Waals surface area contributed by atoms with Gasteiger partial charge in [-0.15, -0.1) is 0 Å². The first-order chi connectivity index (χ1) is 15.7. The fourth-order valence-electron chi connectivity index (χ4n) is 6.04. The minimum Gasteiger partial charge on any atom is -0.174 e. The molecule has 0 unspecified atom stereocenters. The zero-order valence-corrected chi connectivity index (χ0v) is 21.7. The molecule has 0 amide bonds. The molecule has 1 aromatic rings. The Morgan fingerprint density at radius 3 is 1.64 bits per heavy atom. The van der Waals surface area contributed by atoms with E-state index in [0.717, 1.165) is 31.8 Å². The van der Waals surface area contributed by atoms with Gasteiger partial charge in [-0.25, -0.2) is 0 Å². The minimum absolute atomic E-state index is 0.453. The summed E-state index contributed by atoms with van der Waals surface area (Å²) >= 11 is 0. The summed E-state index contributed by atoms with van der Waals surface area (Å²) in [6, 6.07) is 0. The normalized spacial score (nSPS) is 26.6. The zero-order valence-electron chi connectivity index (χ0n) is 21.7. The third-order valence-corrected chi connectivity index (χ3v) is 9.00. The van der Waals surface area contributed by atoms with Crippen molar-refractivity contribution in [3.8, 4) is 0 Å². The Kier molecular flexibility index (Phi) is 9.13. The van der Waals surface area contributed by atoms with E-state index in [1.165, 1.54) is 59.1 Å². The van der Waals surface area contributed by atoms with Crippen LogP contribution in [0.2, 0.25) is 0 Å². The van der Waals surface area contributed by atoms with E-state index in [9.17, 15) is 8.78 Å². The van der Waals surface area contributed by atoms with Gasteiger partial charge >= 0.3 is 0 Å². The third-order valence-electron chi connectivity index (χ3n) is 9.00. The Morgan fingerprint density at radius 1 is 0.697 bits per heavy atom. The molecule has 2 fully saturated rings. The fraction of sp³-hybridized carbons (Fsp3) is 0.613. The van der Waals surface area contributed by atoms with E-state index in [4.69, 9.17) is 0 Å². The highest BCUT2D eigenvalue weighted by Gasteiger charge is 2.23. The highest BCUT2D eigenvalue weighted by Crippen LogP contribution is 2.37. The quantitative estimate of drug-likeness (QED) is 0.375. The molecule has 0 saturated heterocycles. The summed E-state index contributed by atoms with van der Waals surface area (Å²) in [7, 11) is 0. The molecular formula is C31H44F2. The summed E-state index contributed by atoms with van der Waals surface area (Å²) in [4.78, 5) is 0. The van der Waals surface area contributed by atoms with Crippen molar-refractivity contribution in [1.82, 2.24) is 0 Å². The Bertz CT molecular complexity index is 868. The molecule has 0 aromatic heterocycles. The summed E-state index contributed by atoms with van der Waals surface area (Å²) in [6.07, 6.45) is 17.2. The van der Waals surface area contributed by atoms with Gasteiger partial charge in [0.25, 0.3) is 6.08 Å². The van der Waals surface area contributed by atoms with Crippen molar-refractivity contribution < 1.29 is 8.78 Å². The Hall–Kier alpha value is -1.70. The summed E-state index contributed by atoms with van der Waals surface area (Å²) in [6.45, 7) is 13.7. The lowest BCUT2D eigenvalue weighted by molar-refractivity contribution is 0.304. The maximum absolute atomic E-state index is 12.3. The van der Waals surface area contributed by atoms with E-state index in [1.54, 1.807) is 5.57 Å². The molecule has 0 spiro atoms. The fourth-order valence-corrected chi connectivity index (χ4v) is 6.04. The molecule has 0 heterocycles. The van der Waals surface area contributed by atoms with Gasteiger partial charge in [-0.3, -0.25) is 0 Å². The highest BCUT2D eigenvalue weighted by molar-refractivity contribution is 5.65. The second-order valence-electron chi connectivity index (χ2n) is 10.9. The van der Waals surface area contributed by atoms with Crippen molar-refractivity contribution in [2.45, 2.75) is 99.3 Å².